The molecule has 0 aliphatic heterocycles. The van der Waals surface area contributed by atoms with Crippen molar-refractivity contribution in [1.29, 1.82) is 0 Å². The topological polar surface area (TPSA) is 237 Å². The van der Waals surface area contributed by atoms with Crippen LogP contribution in [-0.4, -0.2) is 96.7 Å². The molecule has 0 saturated heterocycles. The summed E-state index contributed by atoms with van der Waals surface area (Å²) in [4.78, 5) is 72.5. The summed E-state index contributed by atoms with van der Waals surface area (Å²) in [5.41, 5.74) is 0. The van der Waals surface area contributed by atoms with Gasteiger partial charge in [0, 0.05) is 25.7 Å². The number of hydrogen-bond donors (Lipinski definition) is 3. The van der Waals surface area contributed by atoms with Crippen molar-refractivity contribution in [2.75, 3.05) is 39.6 Å². The third kappa shape index (κ3) is 60.3. The predicted molar refractivity (Wildman–Crippen MR) is 354 cm³/mol. The summed E-state index contributed by atoms with van der Waals surface area (Å²) in [5.74, 6) is 0.882. The van der Waals surface area contributed by atoms with Crippen molar-refractivity contribution in [2.45, 2.75) is 356 Å². The van der Waals surface area contributed by atoms with Crippen LogP contribution in [0.25, 0.3) is 0 Å². The highest BCUT2D eigenvalue weighted by molar-refractivity contribution is 7.47. The van der Waals surface area contributed by atoms with Gasteiger partial charge in [-0.15, -0.1) is 0 Å². The molecular formula is C69H134O17P2. The van der Waals surface area contributed by atoms with Gasteiger partial charge in [-0.25, -0.2) is 9.13 Å². The average Bonchev–Trinajstić information content (AvgIpc) is 3.58. The Morgan fingerprint density at radius 3 is 0.807 bits per heavy atom. The van der Waals surface area contributed by atoms with Crippen LogP contribution in [0.5, 0.6) is 0 Å². The molecule has 0 bridgehead atoms. The molecule has 0 aromatic carbocycles. The first kappa shape index (κ1) is 86.1. The van der Waals surface area contributed by atoms with Crippen molar-refractivity contribution in [3.63, 3.8) is 0 Å². The lowest BCUT2D eigenvalue weighted by Gasteiger charge is -2.21. The summed E-state index contributed by atoms with van der Waals surface area (Å²) in [7, 11) is -9.90. The Morgan fingerprint density at radius 1 is 0.318 bits per heavy atom. The van der Waals surface area contributed by atoms with Gasteiger partial charge in [0.15, 0.2) is 12.2 Å². The number of aliphatic hydroxyl groups excluding tert-OH is 1. The molecule has 0 aliphatic carbocycles. The monoisotopic (exact) mass is 1300 g/mol. The minimum absolute atomic E-state index is 0.104. The molecule has 522 valence electrons. The van der Waals surface area contributed by atoms with Gasteiger partial charge in [-0.1, -0.05) is 287 Å². The molecule has 4 unspecified atom stereocenters. The van der Waals surface area contributed by atoms with E-state index in [0.717, 1.165) is 120 Å². The summed E-state index contributed by atoms with van der Waals surface area (Å²) in [6.45, 7) is 14.1. The van der Waals surface area contributed by atoms with Crippen LogP contribution >= 0.6 is 15.6 Å². The molecule has 3 N–H and O–H groups in total. The SMILES string of the molecule is CCC(C)CCCCCCCCCCCCC(=O)O[C@H](COC(=O)CCCCCCCCCCCC(C)C)COP(=O)(O)OC[C@@H](O)COP(=O)(O)OC[C@@H](COC(=O)CCCCCCCCC(C)CC)OC(=O)CCCCCCCCCCCC(C)C. The molecule has 0 saturated carbocycles. The van der Waals surface area contributed by atoms with Gasteiger partial charge in [-0.3, -0.25) is 37.3 Å². The highest BCUT2D eigenvalue weighted by atomic mass is 31.2. The molecule has 88 heavy (non-hydrogen) atoms. The number of carbonyl (C=O) groups is 4. The number of phosphoric ester groups is 2. The molecule has 0 fully saturated rings. The van der Waals surface area contributed by atoms with Crippen LogP contribution in [0.3, 0.4) is 0 Å². The molecule has 0 aromatic rings. The second-order valence-electron chi connectivity index (χ2n) is 26.4. The summed E-state index contributed by atoms with van der Waals surface area (Å²) in [5, 5.41) is 10.6. The second-order valence-corrected chi connectivity index (χ2v) is 29.3. The fourth-order valence-corrected chi connectivity index (χ4v) is 11.8. The van der Waals surface area contributed by atoms with E-state index in [4.69, 9.17) is 37.0 Å². The van der Waals surface area contributed by atoms with Crippen LogP contribution in [0.15, 0.2) is 0 Å². The minimum atomic E-state index is -4.95. The van der Waals surface area contributed by atoms with Gasteiger partial charge in [-0.2, -0.15) is 0 Å². The van der Waals surface area contributed by atoms with Gasteiger partial charge in [0.1, 0.15) is 19.3 Å². The first-order valence-corrected chi connectivity index (χ1v) is 38.8. The van der Waals surface area contributed by atoms with Crippen LogP contribution in [0.4, 0.5) is 0 Å². The number of rotatable bonds is 66. The van der Waals surface area contributed by atoms with Crippen molar-refractivity contribution in [3.05, 3.63) is 0 Å². The molecule has 0 rings (SSSR count). The zero-order chi connectivity index (χ0) is 65.4. The van der Waals surface area contributed by atoms with Gasteiger partial charge in [0.05, 0.1) is 26.4 Å². The van der Waals surface area contributed by atoms with Gasteiger partial charge < -0.3 is 33.8 Å². The van der Waals surface area contributed by atoms with Crippen LogP contribution in [0.2, 0.25) is 0 Å². The van der Waals surface area contributed by atoms with E-state index in [9.17, 15) is 43.2 Å². The average molecular weight is 1300 g/mol. The number of ether oxygens (including phenoxy) is 4. The molecule has 19 heteroatoms. The molecule has 0 radical (unpaired) electrons. The Bertz CT molecular complexity index is 1750. The molecule has 0 amide bonds. The third-order valence-electron chi connectivity index (χ3n) is 16.5. The van der Waals surface area contributed by atoms with Crippen molar-refractivity contribution >= 4 is 39.5 Å². The maximum atomic E-state index is 13.0. The number of aliphatic hydroxyl groups is 1. The minimum Gasteiger partial charge on any atom is -0.462 e. The van der Waals surface area contributed by atoms with E-state index in [1.54, 1.807) is 0 Å². The van der Waals surface area contributed by atoms with Crippen molar-refractivity contribution in [1.82, 2.24) is 0 Å². The summed E-state index contributed by atoms with van der Waals surface area (Å²) >= 11 is 0. The van der Waals surface area contributed by atoms with Crippen molar-refractivity contribution in [2.24, 2.45) is 23.7 Å². The van der Waals surface area contributed by atoms with Gasteiger partial charge in [-0.05, 0) is 49.4 Å². The summed E-state index contributed by atoms with van der Waals surface area (Å²) in [6, 6.07) is 0. The van der Waals surface area contributed by atoms with Gasteiger partial charge >= 0.3 is 39.5 Å². The van der Waals surface area contributed by atoms with Crippen molar-refractivity contribution in [3.8, 4) is 0 Å². The summed E-state index contributed by atoms with van der Waals surface area (Å²) < 4.78 is 68.2. The first-order chi connectivity index (χ1) is 42.2. The molecular weight excluding hydrogens is 1160 g/mol. The largest absolute Gasteiger partial charge is 0.472 e. The van der Waals surface area contributed by atoms with E-state index in [0.29, 0.717) is 25.7 Å². The number of unbranched alkanes of at least 4 members (excludes halogenated alkanes) is 30. The van der Waals surface area contributed by atoms with E-state index in [2.05, 4.69) is 55.4 Å². The standard InChI is InChI=1S/C69H134O17P2/c1-9-61(7)47-39-31-23-17-11-12-18-25-35-43-51-68(73)85-64(55-79-66(71)49-41-33-24-19-13-15-21-29-37-45-59(3)4)57-83-87(75,76)81-53-63(70)54-82-88(77,78)84-58-65(56-80-67(72)50-42-34-28-27-32-40-48-62(8)10-2)86-69(74)52-44-36-26-20-14-16-22-30-38-46-60(5)6/h59-65,70H,9-58H2,1-8H3,(H,75,76)(H,77,78)/t61?,62?,63-,64-,65-/m1/s1. The quantitative estimate of drug-likeness (QED) is 0.0222. The molecule has 0 spiro atoms. The van der Waals surface area contributed by atoms with E-state index in [-0.39, 0.29) is 25.7 Å². The zero-order valence-corrected chi connectivity index (χ0v) is 59.1. The highest BCUT2D eigenvalue weighted by Gasteiger charge is 2.30. The molecule has 7 atom stereocenters. The Balaban J connectivity index is 5.27. The Hall–Kier alpha value is -1.94. The summed E-state index contributed by atoms with van der Waals surface area (Å²) in [6.07, 6.45) is 40.2. The van der Waals surface area contributed by atoms with E-state index in [1.165, 1.54) is 135 Å². The van der Waals surface area contributed by atoms with Gasteiger partial charge in [0.2, 0.25) is 0 Å². The number of carbonyl (C=O) groups excluding carboxylic acids is 4. The van der Waals surface area contributed by atoms with Crippen molar-refractivity contribution < 1.29 is 80.2 Å². The van der Waals surface area contributed by atoms with E-state index < -0.39 is 97.5 Å². The fourth-order valence-electron chi connectivity index (χ4n) is 10.2. The lowest BCUT2D eigenvalue weighted by molar-refractivity contribution is -0.161. The smallest absolute Gasteiger partial charge is 0.462 e. The number of phosphoric acid groups is 2. The zero-order valence-electron chi connectivity index (χ0n) is 57.3. The molecule has 0 heterocycles. The van der Waals surface area contributed by atoms with Crippen LogP contribution < -0.4 is 0 Å². The van der Waals surface area contributed by atoms with Gasteiger partial charge in [0.25, 0.3) is 0 Å². The van der Waals surface area contributed by atoms with Crippen LogP contribution in [0, 0.1) is 23.7 Å². The lowest BCUT2D eigenvalue weighted by Crippen LogP contribution is -2.30. The predicted octanol–water partition coefficient (Wildman–Crippen LogP) is 19.3. The van der Waals surface area contributed by atoms with E-state index >= 15 is 0 Å². The normalized spacial score (nSPS) is 14.9. The molecule has 17 nitrogen and oxygen atoms in total. The third-order valence-corrected chi connectivity index (χ3v) is 18.4. The van der Waals surface area contributed by atoms with E-state index in [1.807, 2.05) is 0 Å². The molecule has 0 aromatic heterocycles. The highest BCUT2D eigenvalue weighted by Crippen LogP contribution is 2.45. The maximum absolute atomic E-state index is 13.0. The maximum Gasteiger partial charge on any atom is 0.472 e. The molecule has 0 aliphatic rings. The Morgan fingerprint density at radius 2 is 0.545 bits per heavy atom. The Kier molecular flexibility index (Phi) is 57.6. The Labute approximate surface area is 537 Å². The number of hydrogen-bond acceptors (Lipinski definition) is 15. The second kappa shape index (κ2) is 58.8. The van der Waals surface area contributed by atoms with Crippen LogP contribution in [0.1, 0.15) is 338 Å². The first-order valence-electron chi connectivity index (χ1n) is 35.8. The number of esters is 4. The fraction of sp³-hybridized carbons (Fsp3) is 0.942. The van der Waals surface area contributed by atoms with Crippen LogP contribution in [-0.2, 0) is 65.4 Å². The lowest BCUT2D eigenvalue weighted by atomic mass is 9.99.